The lowest BCUT2D eigenvalue weighted by Gasteiger charge is -2.27. The molecule has 0 aliphatic rings. The second-order valence-corrected chi connectivity index (χ2v) is 11.3. The van der Waals surface area contributed by atoms with E-state index in [0.717, 1.165) is 5.69 Å². The molecule has 0 saturated heterocycles. The van der Waals surface area contributed by atoms with Gasteiger partial charge in [-0.1, -0.05) is 54.6 Å². The van der Waals surface area contributed by atoms with Gasteiger partial charge in [-0.25, -0.2) is 0 Å². The summed E-state index contributed by atoms with van der Waals surface area (Å²) in [6.45, 7) is 0. The lowest BCUT2D eigenvalue weighted by Crippen LogP contribution is -2.38. The predicted molar refractivity (Wildman–Crippen MR) is 132 cm³/mol. The lowest BCUT2D eigenvalue weighted by molar-refractivity contribution is 1.34. The van der Waals surface area contributed by atoms with E-state index in [1.165, 1.54) is 26.8 Å². The lowest BCUT2D eigenvalue weighted by atomic mass is 10.2. The highest BCUT2D eigenvalue weighted by Crippen LogP contribution is 2.54. The number of hydrogen-bond donors (Lipinski definition) is 0. The molecule has 0 radical (unpaired) electrons. The largest absolute Gasteiger partial charge is 0.256 e. The van der Waals surface area contributed by atoms with Crippen molar-refractivity contribution >= 4 is 39.8 Å². The first-order valence-electron chi connectivity index (χ1n) is 9.94. The van der Waals surface area contributed by atoms with E-state index < -0.39 is 7.26 Å². The molecule has 0 fully saturated rings. The Labute approximate surface area is 182 Å². The third-order valence-corrected chi connectivity index (χ3v) is 10.3. The van der Waals surface area contributed by atoms with Gasteiger partial charge in [0.25, 0.3) is 0 Å². The molecule has 5 aromatic rings. The van der Waals surface area contributed by atoms with Crippen LogP contribution in [-0.2, 0) is 0 Å². The van der Waals surface area contributed by atoms with E-state index in [-0.39, 0.29) is 0 Å². The van der Waals surface area contributed by atoms with Crippen molar-refractivity contribution in [1.82, 2.24) is 4.98 Å². The van der Waals surface area contributed by atoms with E-state index in [0.29, 0.717) is 0 Å². The molecule has 30 heavy (non-hydrogen) atoms. The molecular formula is C27H21NPS+. The maximum atomic E-state index is 4.70. The van der Waals surface area contributed by atoms with Crippen molar-refractivity contribution in [3.05, 3.63) is 126 Å². The number of rotatable bonds is 5. The van der Waals surface area contributed by atoms with E-state index in [9.17, 15) is 0 Å². The van der Waals surface area contributed by atoms with Crippen LogP contribution in [0.5, 0.6) is 0 Å². The standard InChI is InChI=1S/C27H21NPS/c1-4-10-23(11-5-1)29(24-12-6-2-7-13-24,25-14-8-3-9-15-25)26-16-18-28-27(20-26)22-17-19-30-21-22/h1-21H/q+1. The van der Waals surface area contributed by atoms with Crippen LogP contribution in [0.3, 0.4) is 0 Å². The van der Waals surface area contributed by atoms with Gasteiger partial charge in [-0.15, -0.1) is 0 Å². The minimum Gasteiger partial charge on any atom is -0.256 e. The number of thiophene rings is 1. The average molecular weight is 423 g/mol. The fourth-order valence-corrected chi connectivity index (χ4v) is 8.95. The summed E-state index contributed by atoms with van der Waals surface area (Å²) in [5, 5.41) is 9.65. The van der Waals surface area contributed by atoms with Crippen LogP contribution in [-0.4, -0.2) is 4.98 Å². The highest BCUT2D eigenvalue weighted by Gasteiger charge is 2.47. The fraction of sp³-hybridized carbons (Fsp3) is 0. The van der Waals surface area contributed by atoms with Crippen molar-refractivity contribution in [3.8, 4) is 11.3 Å². The van der Waals surface area contributed by atoms with Crippen LogP contribution < -0.4 is 21.2 Å². The first-order chi connectivity index (χ1) is 14.9. The quantitative estimate of drug-likeness (QED) is 0.344. The van der Waals surface area contributed by atoms with Gasteiger partial charge in [-0.3, -0.25) is 4.98 Å². The highest BCUT2D eigenvalue weighted by atomic mass is 32.1. The first kappa shape index (κ1) is 18.9. The molecule has 0 aliphatic heterocycles. The molecule has 0 aliphatic carbocycles. The molecule has 3 heteroatoms. The molecule has 0 unspecified atom stereocenters. The molecule has 0 spiro atoms. The molecule has 0 amide bonds. The van der Waals surface area contributed by atoms with Gasteiger partial charge in [0.2, 0.25) is 0 Å². The molecule has 0 bridgehead atoms. The summed E-state index contributed by atoms with van der Waals surface area (Å²) in [4.78, 5) is 4.70. The van der Waals surface area contributed by atoms with E-state index in [1.807, 2.05) is 6.20 Å². The van der Waals surface area contributed by atoms with Crippen LogP contribution in [0.2, 0.25) is 0 Å². The summed E-state index contributed by atoms with van der Waals surface area (Å²) in [5.41, 5.74) is 2.20. The van der Waals surface area contributed by atoms with Crippen LogP contribution in [0.1, 0.15) is 0 Å². The average Bonchev–Trinajstić information content (AvgIpc) is 3.37. The third-order valence-electron chi connectivity index (χ3n) is 5.38. The number of aromatic nitrogens is 1. The van der Waals surface area contributed by atoms with Gasteiger partial charge in [-0.05, 0) is 53.9 Å². The van der Waals surface area contributed by atoms with Crippen molar-refractivity contribution < 1.29 is 0 Å². The molecule has 2 heterocycles. The second-order valence-electron chi connectivity index (χ2n) is 7.09. The van der Waals surface area contributed by atoms with E-state index in [4.69, 9.17) is 4.98 Å². The van der Waals surface area contributed by atoms with Gasteiger partial charge in [-0.2, -0.15) is 11.3 Å². The molecular weight excluding hydrogens is 401 g/mol. The maximum absolute atomic E-state index is 4.70. The van der Waals surface area contributed by atoms with Gasteiger partial charge >= 0.3 is 0 Å². The molecule has 0 atom stereocenters. The van der Waals surface area contributed by atoms with Crippen molar-refractivity contribution in [1.29, 1.82) is 0 Å². The Morgan fingerprint density at radius 2 is 1.10 bits per heavy atom. The van der Waals surface area contributed by atoms with Crippen molar-refractivity contribution in [3.63, 3.8) is 0 Å². The molecule has 3 aromatic carbocycles. The van der Waals surface area contributed by atoms with Crippen LogP contribution in [0.25, 0.3) is 11.3 Å². The number of nitrogens with zero attached hydrogens (tertiary/aromatic N) is 1. The molecule has 0 saturated carbocycles. The Balaban J connectivity index is 1.87. The predicted octanol–water partition coefficient (Wildman–Crippen LogP) is 5.43. The van der Waals surface area contributed by atoms with E-state index in [1.54, 1.807) is 11.3 Å². The van der Waals surface area contributed by atoms with Crippen LogP contribution in [0.4, 0.5) is 0 Å². The zero-order valence-electron chi connectivity index (χ0n) is 16.4. The Kier molecular flexibility index (Phi) is 5.27. The number of benzene rings is 3. The number of hydrogen-bond acceptors (Lipinski definition) is 2. The monoisotopic (exact) mass is 422 g/mol. The summed E-state index contributed by atoms with van der Waals surface area (Å²) >= 11 is 1.71. The zero-order chi connectivity index (χ0) is 20.2. The van der Waals surface area contributed by atoms with Gasteiger partial charge in [0, 0.05) is 23.2 Å². The Bertz CT molecular complexity index is 1120. The smallest absolute Gasteiger partial charge is 0.144 e. The first-order valence-corrected chi connectivity index (χ1v) is 12.7. The van der Waals surface area contributed by atoms with Crippen molar-refractivity contribution in [2.45, 2.75) is 0 Å². The summed E-state index contributed by atoms with van der Waals surface area (Å²) < 4.78 is 0. The van der Waals surface area contributed by atoms with Gasteiger partial charge in [0.1, 0.15) is 28.5 Å². The Morgan fingerprint density at radius 3 is 1.57 bits per heavy atom. The van der Waals surface area contributed by atoms with Gasteiger partial charge in [0.15, 0.2) is 0 Å². The minimum atomic E-state index is -2.07. The Hall–Kier alpha value is -3.06. The maximum Gasteiger partial charge on any atom is 0.144 e. The number of pyridine rings is 1. The minimum absolute atomic E-state index is 1.03. The van der Waals surface area contributed by atoms with Crippen molar-refractivity contribution in [2.24, 2.45) is 0 Å². The third kappa shape index (κ3) is 3.29. The highest BCUT2D eigenvalue weighted by molar-refractivity contribution is 8.01. The van der Waals surface area contributed by atoms with Gasteiger partial charge < -0.3 is 0 Å². The van der Waals surface area contributed by atoms with E-state index >= 15 is 0 Å². The zero-order valence-corrected chi connectivity index (χ0v) is 18.1. The summed E-state index contributed by atoms with van der Waals surface area (Å²) in [6, 6.07) is 39.5. The molecule has 5 rings (SSSR count). The Morgan fingerprint density at radius 1 is 0.567 bits per heavy atom. The molecule has 144 valence electrons. The fourth-order valence-electron chi connectivity index (χ4n) is 4.05. The molecule has 0 N–H and O–H groups in total. The summed E-state index contributed by atoms with van der Waals surface area (Å²) in [5.74, 6) is 0. The second kappa shape index (κ2) is 8.36. The van der Waals surface area contributed by atoms with E-state index in [2.05, 4.69) is 120 Å². The summed E-state index contributed by atoms with van der Waals surface area (Å²) in [6.07, 6.45) is 1.96. The molecule has 1 nitrogen and oxygen atoms in total. The van der Waals surface area contributed by atoms with Crippen LogP contribution in [0.15, 0.2) is 126 Å². The van der Waals surface area contributed by atoms with Crippen LogP contribution >= 0.6 is 18.6 Å². The summed E-state index contributed by atoms with van der Waals surface area (Å²) in [7, 11) is -2.07. The van der Waals surface area contributed by atoms with Crippen molar-refractivity contribution in [2.75, 3.05) is 0 Å². The normalized spacial score (nSPS) is 11.3. The topological polar surface area (TPSA) is 12.9 Å². The van der Waals surface area contributed by atoms with Gasteiger partial charge in [0.05, 0.1) is 5.69 Å². The molecule has 2 aromatic heterocycles. The van der Waals surface area contributed by atoms with Crippen LogP contribution in [0, 0.1) is 0 Å². The SMILES string of the molecule is c1ccc([P+](c2ccccc2)(c2ccccc2)c2ccnc(-c3ccsc3)c2)cc1.